The molecule has 0 radical (unpaired) electrons. The Morgan fingerprint density at radius 2 is 2.43 bits per heavy atom. The summed E-state index contributed by atoms with van der Waals surface area (Å²) < 4.78 is 0. The molecule has 0 bridgehead atoms. The molecule has 1 heterocycles. The van der Waals surface area contributed by atoms with Crippen molar-refractivity contribution >= 4 is 11.6 Å². The molecule has 0 aliphatic rings. The predicted octanol–water partition coefficient (Wildman–Crippen LogP) is 2.16. The lowest BCUT2D eigenvalue weighted by molar-refractivity contribution is 0.220. The minimum atomic E-state index is -1.07. The molecule has 0 aromatic carbocycles. The molecule has 72 valence electrons. The molecule has 0 saturated carbocycles. The van der Waals surface area contributed by atoms with Crippen molar-refractivity contribution < 1.29 is 5.11 Å². The number of hydrogen-bond acceptors (Lipinski definition) is 3. The van der Waals surface area contributed by atoms with Gasteiger partial charge in [-0.25, -0.2) is 4.98 Å². The maximum Gasteiger partial charge on any atom is 0.135 e. The van der Waals surface area contributed by atoms with Crippen LogP contribution in [0.25, 0.3) is 0 Å². The third-order valence-electron chi connectivity index (χ3n) is 1.77. The van der Waals surface area contributed by atoms with Crippen molar-refractivity contribution in [2.75, 3.05) is 0 Å². The van der Waals surface area contributed by atoms with Crippen LogP contribution in [-0.4, -0.2) is 10.1 Å². The second-order valence-corrected chi connectivity index (χ2v) is 3.29. The number of hydrogen-bond donors (Lipinski definition) is 1. The molecule has 0 amide bonds. The van der Waals surface area contributed by atoms with Crippen molar-refractivity contribution in [1.29, 1.82) is 5.26 Å². The highest BCUT2D eigenvalue weighted by Gasteiger charge is 2.15. The van der Waals surface area contributed by atoms with E-state index in [1.807, 2.05) is 6.92 Å². The molecule has 0 aliphatic carbocycles. The Labute approximate surface area is 87.3 Å². The average molecular weight is 209 g/mol. The third kappa shape index (κ3) is 2.11. The molecule has 3 nitrogen and oxygen atoms in total. The Kier molecular flexibility index (Phi) is 3.23. The Balaban J connectivity index is 3.13. The number of nitriles is 1. The summed E-state index contributed by atoms with van der Waals surface area (Å²) in [6, 6.07) is 3.46. The molecule has 0 spiro atoms. The molecule has 4 heteroatoms. The van der Waals surface area contributed by atoms with Gasteiger partial charge in [-0.3, -0.25) is 0 Å². The van der Waals surface area contributed by atoms with Crippen molar-refractivity contribution in [1.82, 2.24) is 4.98 Å². The number of aromatic nitrogens is 1. The first-order valence-corrected chi connectivity index (χ1v) is 4.33. The van der Waals surface area contributed by atoms with Crippen LogP contribution in [0.15, 0.2) is 24.4 Å². The zero-order valence-electron chi connectivity index (χ0n) is 7.66. The zero-order chi connectivity index (χ0) is 10.7. The normalized spacial score (nSPS) is 11.9. The monoisotopic (exact) mass is 208 g/mol. The van der Waals surface area contributed by atoms with Gasteiger partial charge in [-0.2, -0.15) is 5.26 Å². The number of nitrogens with zero attached hydrogens (tertiary/aromatic N) is 2. The van der Waals surface area contributed by atoms with Gasteiger partial charge in [-0.15, -0.1) is 0 Å². The van der Waals surface area contributed by atoms with Crippen LogP contribution in [0.5, 0.6) is 0 Å². The fourth-order valence-electron chi connectivity index (χ4n) is 1.02. The van der Waals surface area contributed by atoms with Crippen molar-refractivity contribution in [3.8, 4) is 6.07 Å². The Bertz CT molecular complexity index is 409. The summed E-state index contributed by atoms with van der Waals surface area (Å²) in [6.07, 6.45) is 0.521. The van der Waals surface area contributed by atoms with E-state index in [1.54, 1.807) is 18.3 Å². The number of rotatable bonds is 2. The van der Waals surface area contributed by atoms with Crippen molar-refractivity contribution in [2.24, 2.45) is 0 Å². The SMILES string of the molecule is C=C(C#N)C(O)c1cc(C)cnc1Cl. The second-order valence-electron chi connectivity index (χ2n) is 2.93. The summed E-state index contributed by atoms with van der Waals surface area (Å²) in [6.45, 7) is 5.25. The molecule has 0 aliphatic heterocycles. The Hall–Kier alpha value is -1.37. The van der Waals surface area contributed by atoms with Crippen LogP contribution < -0.4 is 0 Å². The van der Waals surface area contributed by atoms with Gasteiger partial charge in [0, 0.05) is 11.8 Å². The maximum atomic E-state index is 9.65. The molecule has 1 atom stereocenters. The van der Waals surface area contributed by atoms with Crippen LogP contribution in [0, 0.1) is 18.3 Å². The minimum absolute atomic E-state index is 0.0549. The standard InChI is InChI=1S/C10H9ClN2O/c1-6-3-8(10(11)13-5-6)9(14)7(2)4-12/h3,5,9,14H,2H2,1H3. The highest BCUT2D eigenvalue weighted by Crippen LogP contribution is 2.26. The van der Waals surface area contributed by atoms with Crippen LogP contribution in [0.2, 0.25) is 5.15 Å². The van der Waals surface area contributed by atoms with Crippen LogP contribution in [0.1, 0.15) is 17.2 Å². The van der Waals surface area contributed by atoms with Gasteiger partial charge < -0.3 is 5.11 Å². The van der Waals surface area contributed by atoms with E-state index >= 15 is 0 Å². The quantitative estimate of drug-likeness (QED) is 0.599. The smallest absolute Gasteiger partial charge is 0.135 e. The summed E-state index contributed by atoms with van der Waals surface area (Å²) in [7, 11) is 0. The maximum absolute atomic E-state index is 9.65. The molecule has 1 aromatic heterocycles. The van der Waals surface area contributed by atoms with Crippen LogP contribution in [-0.2, 0) is 0 Å². The molecule has 14 heavy (non-hydrogen) atoms. The molecular formula is C10H9ClN2O. The lowest BCUT2D eigenvalue weighted by Crippen LogP contribution is -2.01. The molecule has 0 fully saturated rings. The lowest BCUT2D eigenvalue weighted by Gasteiger charge is -2.10. The highest BCUT2D eigenvalue weighted by atomic mass is 35.5. The van der Waals surface area contributed by atoms with Gasteiger partial charge in [0.05, 0.1) is 11.6 Å². The van der Waals surface area contributed by atoms with Gasteiger partial charge >= 0.3 is 0 Å². The van der Waals surface area contributed by atoms with Gasteiger partial charge in [-0.1, -0.05) is 18.2 Å². The van der Waals surface area contributed by atoms with Gasteiger partial charge in [0.25, 0.3) is 0 Å². The van der Waals surface area contributed by atoms with Crippen LogP contribution in [0.3, 0.4) is 0 Å². The van der Waals surface area contributed by atoms with Gasteiger partial charge in [0.2, 0.25) is 0 Å². The first-order chi connectivity index (χ1) is 6.56. The second kappa shape index (κ2) is 4.23. The number of halogens is 1. The Morgan fingerprint density at radius 3 is 3.00 bits per heavy atom. The van der Waals surface area contributed by atoms with E-state index in [0.717, 1.165) is 5.56 Å². The molecule has 1 rings (SSSR count). The van der Waals surface area contributed by atoms with E-state index in [4.69, 9.17) is 16.9 Å². The minimum Gasteiger partial charge on any atom is -0.383 e. The molecule has 1 unspecified atom stereocenters. The molecule has 1 aromatic rings. The fourth-order valence-corrected chi connectivity index (χ4v) is 1.22. The van der Waals surface area contributed by atoms with E-state index in [1.165, 1.54) is 0 Å². The summed E-state index contributed by atoms with van der Waals surface area (Å²) in [4.78, 5) is 3.87. The first-order valence-electron chi connectivity index (χ1n) is 3.95. The van der Waals surface area contributed by atoms with E-state index < -0.39 is 6.10 Å². The fraction of sp³-hybridized carbons (Fsp3) is 0.200. The third-order valence-corrected chi connectivity index (χ3v) is 2.09. The topological polar surface area (TPSA) is 56.9 Å². The summed E-state index contributed by atoms with van der Waals surface area (Å²) in [5, 5.41) is 18.4. The molecule has 1 N–H and O–H groups in total. The number of aliphatic hydroxyl groups is 1. The van der Waals surface area contributed by atoms with Crippen LogP contribution in [0.4, 0.5) is 0 Å². The summed E-state index contributed by atoms with van der Waals surface area (Å²) >= 11 is 5.77. The van der Waals surface area contributed by atoms with Crippen LogP contribution >= 0.6 is 11.6 Å². The largest absolute Gasteiger partial charge is 0.383 e. The van der Waals surface area contributed by atoms with E-state index in [0.29, 0.717) is 5.56 Å². The van der Waals surface area contributed by atoms with Gasteiger partial charge in [0.15, 0.2) is 0 Å². The van der Waals surface area contributed by atoms with E-state index in [9.17, 15) is 5.11 Å². The predicted molar refractivity (Wildman–Crippen MR) is 53.7 cm³/mol. The number of aliphatic hydroxyl groups excluding tert-OH is 1. The molecule has 0 saturated heterocycles. The highest BCUT2D eigenvalue weighted by molar-refractivity contribution is 6.30. The summed E-state index contributed by atoms with van der Waals surface area (Å²) in [5.74, 6) is 0. The zero-order valence-corrected chi connectivity index (χ0v) is 8.41. The number of pyridine rings is 1. The lowest BCUT2D eigenvalue weighted by atomic mass is 10.0. The molecular weight excluding hydrogens is 200 g/mol. The van der Waals surface area contributed by atoms with Gasteiger partial charge in [-0.05, 0) is 18.6 Å². The first kappa shape index (κ1) is 10.7. The van der Waals surface area contributed by atoms with Gasteiger partial charge in [0.1, 0.15) is 11.3 Å². The average Bonchev–Trinajstić information content (AvgIpc) is 2.19. The van der Waals surface area contributed by atoms with Crippen molar-refractivity contribution in [3.63, 3.8) is 0 Å². The van der Waals surface area contributed by atoms with E-state index in [-0.39, 0.29) is 10.7 Å². The summed E-state index contributed by atoms with van der Waals surface area (Å²) in [5.41, 5.74) is 1.34. The number of aryl methyl sites for hydroxylation is 1. The van der Waals surface area contributed by atoms with Crippen molar-refractivity contribution in [3.05, 3.63) is 40.7 Å². The Morgan fingerprint density at radius 1 is 1.79 bits per heavy atom. The van der Waals surface area contributed by atoms with E-state index in [2.05, 4.69) is 11.6 Å². The van der Waals surface area contributed by atoms with Crippen molar-refractivity contribution in [2.45, 2.75) is 13.0 Å².